The molecule has 2 aromatic rings. The monoisotopic (exact) mass is 396 g/mol. The van der Waals surface area contributed by atoms with Gasteiger partial charge in [0.25, 0.3) is 0 Å². The Bertz CT molecular complexity index is 884. The molecule has 0 saturated carbocycles. The molecule has 3 rings (SSSR count). The Morgan fingerprint density at radius 2 is 1.82 bits per heavy atom. The van der Waals surface area contributed by atoms with Crippen LogP contribution in [0.5, 0.6) is 0 Å². The molecule has 0 bridgehead atoms. The third-order valence-electron chi connectivity index (χ3n) is 4.87. The van der Waals surface area contributed by atoms with Gasteiger partial charge in [-0.25, -0.2) is 0 Å². The average molecular weight is 397 g/mol. The minimum atomic E-state index is -0.0488. The molecule has 0 radical (unpaired) electrons. The summed E-state index contributed by atoms with van der Waals surface area (Å²) < 4.78 is 0. The summed E-state index contributed by atoms with van der Waals surface area (Å²) in [6, 6.07) is 13.9. The maximum absolute atomic E-state index is 12.6. The van der Waals surface area contributed by atoms with E-state index in [1.807, 2.05) is 62.1 Å². The van der Waals surface area contributed by atoms with Gasteiger partial charge in [0.15, 0.2) is 0 Å². The summed E-state index contributed by atoms with van der Waals surface area (Å²) in [6.07, 6.45) is 0.474. The second kappa shape index (κ2) is 8.00. The van der Waals surface area contributed by atoms with Crippen molar-refractivity contribution in [2.75, 3.05) is 16.0 Å². The van der Waals surface area contributed by atoms with Gasteiger partial charge in [-0.1, -0.05) is 45.0 Å². The zero-order valence-corrected chi connectivity index (χ0v) is 18.0. The molecular formula is C23H28N2O2S. The highest BCUT2D eigenvalue weighted by Crippen LogP contribution is 2.43. The second-order valence-electron chi connectivity index (χ2n) is 8.55. The van der Waals surface area contributed by atoms with E-state index in [4.69, 9.17) is 0 Å². The Labute approximate surface area is 171 Å². The largest absolute Gasteiger partial charge is 0.326 e. The molecule has 2 aromatic carbocycles. The molecule has 4 nitrogen and oxygen atoms in total. The van der Waals surface area contributed by atoms with Crippen LogP contribution in [-0.4, -0.2) is 17.6 Å². The highest BCUT2D eigenvalue weighted by atomic mass is 32.2. The quantitative estimate of drug-likeness (QED) is 0.747. The topological polar surface area (TPSA) is 49.4 Å². The van der Waals surface area contributed by atoms with Crippen LogP contribution >= 0.6 is 11.8 Å². The predicted molar refractivity (Wildman–Crippen MR) is 118 cm³/mol. The van der Waals surface area contributed by atoms with Crippen molar-refractivity contribution in [1.29, 1.82) is 0 Å². The Balaban J connectivity index is 1.80. The fraction of sp³-hybridized carbons (Fsp3) is 0.391. The normalized spacial score (nSPS) is 17.1. The predicted octanol–water partition coefficient (Wildman–Crippen LogP) is 5.46. The average Bonchev–Trinajstić information content (AvgIpc) is 2.98. The molecule has 2 amide bonds. The summed E-state index contributed by atoms with van der Waals surface area (Å²) in [5, 5.41) is 2.91. The summed E-state index contributed by atoms with van der Waals surface area (Å²) in [5.41, 5.74) is 5.09. The number of anilines is 2. The first-order valence-electron chi connectivity index (χ1n) is 9.55. The maximum atomic E-state index is 12.6. The smallest absolute Gasteiger partial charge is 0.238 e. The summed E-state index contributed by atoms with van der Waals surface area (Å²) in [4.78, 5) is 26.7. The van der Waals surface area contributed by atoms with Gasteiger partial charge in [0.1, 0.15) is 5.37 Å². The molecule has 148 valence electrons. The molecule has 0 unspecified atom stereocenters. The van der Waals surface area contributed by atoms with Crippen molar-refractivity contribution < 1.29 is 9.59 Å². The zero-order valence-electron chi connectivity index (χ0n) is 17.2. The van der Waals surface area contributed by atoms with Gasteiger partial charge in [-0.3, -0.25) is 14.5 Å². The van der Waals surface area contributed by atoms with Crippen LogP contribution in [0.1, 0.15) is 49.3 Å². The molecule has 0 spiro atoms. The SMILES string of the molecule is Cc1cccc(N2C(=O)CS[C@H]2c2ccc(NC(=O)CC(C)(C)C)cc2)c1C. The number of carbonyl (C=O) groups excluding carboxylic acids is 2. The third kappa shape index (κ3) is 4.58. The highest BCUT2D eigenvalue weighted by molar-refractivity contribution is 8.00. The first-order chi connectivity index (χ1) is 13.2. The molecule has 1 aliphatic heterocycles. The Hall–Kier alpha value is -2.27. The summed E-state index contributed by atoms with van der Waals surface area (Å²) in [5.74, 6) is 0.621. The summed E-state index contributed by atoms with van der Waals surface area (Å²) in [7, 11) is 0. The molecule has 5 heteroatoms. The molecule has 1 N–H and O–H groups in total. The van der Waals surface area contributed by atoms with E-state index < -0.39 is 0 Å². The second-order valence-corrected chi connectivity index (χ2v) is 9.62. The van der Waals surface area contributed by atoms with Crippen molar-refractivity contribution in [1.82, 2.24) is 0 Å². The van der Waals surface area contributed by atoms with Crippen LogP contribution in [0.2, 0.25) is 0 Å². The van der Waals surface area contributed by atoms with Gasteiger partial charge in [0.2, 0.25) is 11.8 Å². The van der Waals surface area contributed by atoms with Crippen molar-refractivity contribution in [2.45, 2.75) is 46.4 Å². The number of rotatable bonds is 4. The van der Waals surface area contributed by atoms with Gasteiger partial charge in [-0.2, -0.15) is 0 Å². The minimum Gasteiger partial charge on any atom is -0.326 e. The highest BCUT2D eigenvalue weighted by Gasteiger charge is 2.34. The number of aryl methyl sites for hydroxylation is 1. The Morgan fingerprint density at radius 1 is 1.14 bits per heavy atom. The lowest BCUT2D eigenvalue weighted by molar-refractivity contribution is -0.118. The van der Waals surface area contributed by atoms with Crippen LogP contribution in [0, 0.1) is 19.3 Å². The number of nitrogens with one attached hydrogen (secondary N) is 1. The van der Waals surface area contributed by atoms with E-state index >= 15 is 0 Å². The fourth-order valence-corrected chi connectivity index (χ4v) is 4.51. The Kier molecular flexibility index (Phi) is 5.84. The van der Waals surface area contributed by atoms with Crippen LogP contribution in [0.25, 0.3) is 0 Å². The lowest BCUT2D eigenvalue weighted by Gasteiger charge is -2.26. The molecule has 1 aliphatic rings. The van der Waals surface area contributed by atoms with E-state index in [2.05, 4.69) is 25.2 Å². The van der Waals surface area contributed by atoms with Crippen molar-refractivity contribution in [2.24, 2.45) is 5.41 Å². The van der Waals surface area contributed by atoms with Crippen LogP contribution in [0.4, 0.5) is 11.4 Å². The first-order valence-corrected chi connectivity index (χ1v) is 10.6. The van der Waals surface area contributed by atoms with E-state index in [0.717, 1.165) is 22.5 Å². The lowest BCUT2D eigenvalue weighted by Crippen LogP contribution is -2.28. The van der Waals surface area contributed by atoms with Crippen LogP contribution < -0.4 is 10.2 Å². The molecule has 1 fully saturated rings. The number of nitrogens with zero attached hydrogens (tertiary/aromatic N) is 1. The van der Waals surface area contributed by atoms with Gasteiger partial charge in [-0.15, -0.1) is 11.8 Å². The molecule has 0 aliphatic carbocycles. The molecule has 0 aromatic heterocycles. The van der Waals surface area contributed by atoms with Gasteiger partial charge >= 0.3 is 0 Å². The molecular weight excluding hydrogens is 368 g/mol. The van der Waals surface area contributed by atoms with Crippen molar-refractivity contribution in [3.63, 3.8) is 0 Å². The van der Waals surface area contributed by atoms with E-state index in [-0.39, 0.29) is 22.6 Å². The zero-order chi connectivity index (χ0) is 20.5. The maximum Gasteiger partial charge on any atom is 0.238 e. The van der Waals surface area contributed by atoms with E-state index in [9.17, 15) is 9.59 Å². The van der Waals surface area contributed by atoms with Gasteiger partial charge in [-0.05, 0) is 54.2 Å². The number of hydrogen-bond donors (Lipinski definition) is 1. The van der Waals surface area contributed by atoms with E-state index in [1.165, 1.54) is 5.56 Å². The number of amides is 2. The first kappa shape index (κ1) is 20.5. The van der Waals surface area contributed by atoms with E-state index in [1.54, 1.807) is 11.8 Å². The number of benzene rings is 2. The van der Waals surface area contributed by atoms with Crippen LogP contribution in [0.15, 0.2) is 42.5 Å². The number of carbonyl (C=O) groups is 2. The molecule has 1 heterocycles. The van der Waals surface area contributed by atoms with Crippen LogP contribution in [-0.2, 0) is 9.59 Å². The number of hydrogen-bond acceptors (Lipinski definition) is 3. The van der Waals surface area contributed by atoms with Crippen molar-refractivity contribution in [3.8, 4) is 0 Å². The van der Waals surface area contributed by atoms with Gasteiger partial charge < -0.3 is 5.32 Å². The fourth-order valence-electron chi connectivity index (χ4n) is 3.35. The van der Waals surface area contributed by atoms with Gasteiger partial charge in [0, 0.05) is 17.8 Å². The molecule has 1 atom stereocenters. The standard InChI is InChI=1S/C23H28N2O2S/c1-15-7-6-8-19(16(15)2)25-21(27)14-28-22(25)17-9-11-18(12-10-17)24-20(26)13-23(3,4)5/h6-12,22H,13-14H2,1-5H3,(H,24,26)/t22-/m0/s1. The lowest BCUT2D eigenvalue weighted by atomic mass is 9.92. The van der Waals surface area contributed by atoms with E-state index in [0.29, 0.717) is 12.2 Å². The summed E-state index contributed by atoms with van der Waals surface area (Å²) >= 11 is 1.64. The third-order valence-corrected chi connectivity index (χ3v) is 6.09. The van der Waals surface area contributed by atoms with Gasteiger partial charge in [0.05, 0.1) is 5.75 Å². The minimum absolute atomic E-state index is 0.0164. The molecule has 1 saturated heterocycles. The molecule has 28 heavy (non-hydrogen) atoms. The van der Waals surface area contributed by atoms with Crippen molar-refractivity contribution in [3.05, 3.63) is 59.2 Å². The van der Waals surface area contributed by atoms with Crippen molar-refractivity contribution >= 4 is 35.0 Å². The number of thioether (sulfide) groups is 1. The van der Waals surface area contributed by atoms with Crippen LogP contribution in [0.3, 0.4) is 0 Å². The summed E-state index contributed by atoms with van der Waals surface area (Å²) in [6.45, 7) is 10.3. The Morgan fingerprint density at radius 3 is 2.46 bits per heavy atom.